The van der Waals surface area contributed by atoms with Gasteiger partial charge in [-0.1, -0.05) is 36.4 Å². The summed E-state index contributed by atoms with van der Waals surface area (Å²) in [5.74, 6) is -0.851. The Kier molecular flexibility index (Phi) is 4.48. The lowest BCUT2D eigenvalue weighted by Gasteiger charge is -2.23. The highest BCUT2D eigenvalue weighted by molar-refractivity contribution is 6.08. The van der Waals surface area contributed by atoms with Crippen LogP contribution in [0.5, 0.6) is 0 Å². The van der Waals surface area contributed by atoms with E-state index in [-0.39, 0.29) is 11.7 Å². The summed E-state index contributed by atoms with van der Waals surface area (Å²) >= 11 is 0. The van der Waals surface area contributed by atoms with E-state index in [1.165, 1.54) is 0 Å². The van der Waals surface area contributed by atoms with E-state index in [0.717, 1.165) is 16.2 Å². The van der Waals surface area contributed by atoms with Gasteiger partial charge in [-0.05, 0) is 40.0 Å². The molecule has 0 aliphatic heterocycles. The van der Waals surface area contributed by atoms with Crippen molar-refractivity contribution in [3.63, 3.8) is 0 Å². The summed E-state index contributed by atoms with van der Waals surface area (Å²) in [7, 11) is 0. The first-order chi connectivity index (χ1) is 12.2. The number of fused-ring (bicyclic) bond motifs is 3. The maximum Gasteiger partial charge on any atom is 0.375 e. The van der Waals surface area contributed by atoms with E-state index >= 15 is 0 Å². The minimum absolute atomic E-state index is 0.131. The van der Waals surface area contributed by atoms with Gasteiger partial charge in [-0.3, -0.25) is 4.79 Å². The van der Waals surface area contributed by atoms with Gasteiger partial charge in [0.1, 0.15) is 5.58 Å². The fourth-order valence-corrected chi connectivity index (χ4v) is 2.88. The van der Waals surface area contributed by atoms with Crippen molar-refractivity contribution in [1.82, 2.24) is 5.32 Å². The van der Waals surface area contributed by atoms with Crippen molar-refractivity contribution in [3.05, 3.63) is 47.7 Å². The first-order valence-electron chi connectivity index (χ1n) is 8.61. The summed E-state index contributed by atoms with van der Waals surface area (Å²) < 4.78 is 11.2. The highest BCUT2D eigenvalue weighted by Crippen LogP contribution is 2.32. The number of esters is 1. The molecule has 3 rings (SSSR count). The van der Waals surface area contributed by atoms with Crippen LogP contribution in [0, 0.1) is 6.92 Å². The van der Waals surface area contributed by atoms with Crippen LogP contribution in [-0.2, 0) is 9.53 Å². The third-order valence-corrected chi connectivity index (χ3v) is 4.16. The summed E-state index contributed by atoms with van der Waals surface area (Å²) in [5, 5.41) is 5.63. The third kappa shape index (κ3) is 3.43. The molecule has 2 aromatic carbocycles. The van der Waals surface area contributed by atoms with Gasteiger partial charge in [-0.25, -0.2) is 4.79 Å². The molecule has 0 fully saturated rings. The molecule has 1 aromatic heterocycles. The van der Waals surface area contributed by atoms with E-state index in [1.54, 1.807) is 6.92 Å². The lowest BCUT2D eigenvalue weighted by molar-refractivity contribution is -0.130. The quantitative estimate of drug-likeness (QED) is 0.711. The standard InChI is InChI=1S/C21H23NO4/c1-12-15-11-10-14-8-6-7-9-16(14)18(15)26-17(12)20(24)25-13(2)19(23)22-21(3,4)5/h6-11,13H,1-5H3,(H,22,23)/t13-/m1/s1. The Labute approximate surface area is 152 Å². The van der Waals surface area contributed by atoms with E-state index in [9.17, 15) is 9.59 Å². The Morgan fingerprint density at radius 1 is 1.08 bits per heavy atom. The average Bonchev–Trinajstić information content (AvgIpc) is 2.90. The zero-order valence-electron chi connectivity index (χ0n) is 15.7. The molecule has 0 saturated heterocycles. The lowest BCUT2D eigenvalue weighted by Crippen LogP contribution is -2.46. The Bertz CT molecular complexity index is 994. The predicted octanol–water partition coefficient (Wildman–Crippen LogP) is 4.35. The number of amides is 1. The smallest absolute Gasteiger partial charge is 0.375 e. The summed E-state index contributed by atoms with van der Waals surface area (Å²) in [4.78, 5) is 24.7. The van der Waals surface area contributed by atoms with Crippen LogP contribution < -0.4 is 5.32 Å². The summed E-state index contributed by atoms with van der Waals surface area (Å²) in [6.45, 7) is 8.97. The number of aryl methyl sites for hydroxylation is 1. The van der Waals surface area contributed by atoms with E-state index in [2.05, 4.69) is 5.32 Å². The van der Waals surface area contributed by atoms with Crippen molar-refractivity contribution in [3.8, 4) is 0 Å². The molecule has 0 aliphatic rings. The number of nitrogens with one attached hydrogen (secondary N) is 1. The fourth-order valence-electron chi connectivity index (χ4n) is 2.88. The third-order valence-electron chi connectivity index (χ3n) is 4.16. The zero-order chi connectivity index (χ0) is 19.1. The minimum atomic E-state index is -0.911. The number of rotatable bonds is 3. The van der Waals surface area contributed by atoms with Crippen molar-refractivity contribution in [2.75, 3.05) is 0 Å². The molecule has 26 heavy (non-hydrogen) atoms. The molecule has 1 amide bonds. The van der Waals surface area contributed by atoms with Gasteiger partial charge >= 0.3 is 5.97 Å². The van der Waals surface area contributed by atoms with Gasteiger partial charge in [0.05, 0.1) is 0 Å². The Balaban J connectivity index is 1.90. The maximum atomic E-state index is 12.6. The maximum absolute atomic E-state index is 12.6. The zero-order valence-corrected chi connectivity index (χ0v) is 15.7. The van der Waals surface area contributed by atoms with E-state index in [1.807, 2.05) is 64.1 Å². The van der Waals surface area contributed by atoms with E-state index < -0.39 is 17.6 Å². The lowest BCUT2D eigenvalue weighted by atomic mass is 10.1. The molecular formula is C21H23NO4. The van der Waals surface area contributed by atoms with Crippen molar-refractivity contribution in [1.29, 1.82) is 0 Å². The number of carbonyl (C=O) groups excluding carboxylic acids is 2. The van der Waals surface area contributed by atoms with Crippen molar-refractivity contribution in [2.45, 2.75) is 46.3 Å². The van der Waals surface area contributed by atoms with Crippen LogP contribution >= 0.6 is 0 Å². The summed E-state index contributed by atoms with van der Waals surface area (Å²) in [5.41, 5.74) is 0.963. The van der Waals surface area contributed by atoms with Crippen LogP contribution in [0.1, 0.15) is 43.8 Å². The molecule has 5 heteroatoms. The number of hydrogen-bond donors (Lipinski definition) is 1. The van der Waals surface area contributed by atoms with Crippen LogP contribution in [0.15, 0.2) is 40.8 Å². The Hall–Kier alpha value is -2.82. The summed E-state index contributed by atoms with van der Waals surface area (Å²) in [6, 6.07) is 11.8. The summed E-state index contributed by atoms with van der Waals surface area (Å²) in [6.07, 6.45) is -0.911. The SMILES string of the molecule is Cc1c(C(=O)O[C@H](C)C(=O)NC(C)(C)C)oc2c1ccc1ccccc12. The molecule has 0 aliphatic carbocycles. The second-order valence-corrected chi connectivity index (χ2v) is 7.51. The van der Waals surface area contributed by atoms with Crippen molar-refractivity contribution in [2.24, 2.45) is 0 Å². The molecule has 0 bridgehead atoms. The van der Waals surface area contributed by atoms with Crippen molar-refractivity contribution >= 4 is 33.6 Å². The normalized spacial score (nSPS) is 13.0. The molecular weight excluding hydrogens is 330 g/mol. The largest absolute Gasteiger partial charge is 0.448 e. The van der Waals surface area contributed by atoms with Gasteiger partial charge in [-0.2, -0.15) is 0 Å². The van der Waals surface area contributed by atoms with E-state index in [4.69, 9.17) is 9.15 Å². The van der Waals surface area contributed by atoms with Gasteiger partial charge < -0.3 is 14.5 Å². The molecule has 0 saturated carbocycles. The number of hydrogen-bond acceptors (Lipinski definition) is 4. The monoisotopic (exact) mass is 353 g/mol. The molecule has 1 N–H and O–H groups in total. The highest BCUT2D eigenvalue weighted by atomic mass is 16.6. The van der Waals surface area contributed by atoms with E-state index in [0.29, 0.717) is 11.1 Å². The first-order valence-corrected chi connectivity index (χ1v) is 8.61. The molecule has 0 spiro atoms. The van der Waals surface area contributed by atoms with Gasteiger partial charge in [0.2, 0.25) is 5.76 Å². The molecule has 1 atom stereocenters. The average molecular weight is 353 g/mol. The van der Waals surface area contributed by atoms with Gasteiger partial charge in [0.25, 0.3) is 5.91 Å². The molecule has 0 radical (unpaired) electrons. The van der Waals surface area contributed by atoms with Crippen LogP contribution in [-0.4, -0.2) is 23.5 Å². The topological polar surface area (TPSA) is 68.5 Å². The van der Waals surface area contributed by atoms with Crippen LogP contribution in [0.4, 0.5) is 0 Å². The van der Waals surface area contributed by atoms with Crippen LogP contribution in [0.3, 0.4) is 0 Å². The second kappa shape index (κ2) is 6.48. The molecule has 3 aromatic rings. The minimum Gasteiger partial charge on any atom is -0.448 e. The van der Waals surface area contributed by atoms with Gasteiger partial charge in [0, 0.05) is 21.9 Å². The Morgan fingerprint density at radius 2 is 1.77 bits per heavy atom. The fraction of sp³-hybridized carbons (Fsp3) is 0.333. The van der Waals surface area contributed by atoms with Crippen LogP contribution in [0.25, 0.3) is 21.7 Å². The number of ether oxygens (including phenoxy) is 1. The highest BCUT2D eigenvalue weighted by Gasteiger charge is 2.26. The van der Waals surface area contributed by atoms with Gasteiger partial charge in [0.15, 0.2) is 6.10 Å². The second-order valence-electron chi connectivity index (χ2n) is 7.51. The van der Waals surface area contributed by atoms with Crippen molar-refractivity contribution < 1.29 is 18.7 Å². The number of furan rings is 1. The molecule has 136 valence electrons. The molecule has 0 unspecified atom stereocenters. The number of carbonyl (C=O) groups is 2. The van der Waals surface area contributed by atoms with Crippen LogP contribution in [0.2, 0.25) is 0 Å². The Morgan fingerprint density at radius 3 is 2.46 bits per heavy atom. The predicted molar refractivity (Wildman–Crippen MR) is 101 cm³/mol. The first kappa shape index (κ1) is 18.0. The number of benzene rings is 2. The molecule has 5 nitrogen and oxygen atoms in total. The molecule has 1 heterocycles. The van der Waals surface area contributed by atoms with Gasteiger partial charge in [-0.15, -0.1) is 0 Å².